The number of thioether (sulfide) groups is 1. The molecule has 0 aromatic carbocycles. The molecule has 0 fully saturated rings. The minimum Gasteiger partial charge on any atom is -0.396 e. The molecule has 1 rings (SSSR count). The normalized spacial score (nSPS) is 12.5. The van der Waals surface area contributed by atoms with E-state index in [2.05, 4.69) is 4.98 Å². The molecule has 1 aromatic rings. The zero-order valence-corrected chi connectivity index (χ0v) is 9.75. The fraction of sp³-hybridized carbons (Fsp3) is 0.455. The van der Waals surface area contributed by atoms with Gasteiger partial charge in [-0.25, -0.2) is 4.98 Å². The van der Waals surface area contributed by atoms with Crippen molar-refractivity contribution in [1.29, 1.82) is 0 Å². The van der Waals surface area contributed by atoms with Crippen molar-refractivity contribution in [2.75, 3.05) is 6.61 Å². The largest absolute Gasteiger partial charge is 0.396 e. The first-order valence-electron chi connectivity index (χ1n) is 4.88. The van der Waals surface area contributed by atoms with Gasteiger partial charge in [0.25, 0.3) is 0 Å². The first kappa shape index (κ1) is 12.2. The van der Waals surface area contributed by atoms with Crippen LogP contribution in [0.4, 0.5) is 0 Å². The highest BCUT2D eigenvalue weighted by Gasteiger charge is 2.05. The number of aliphatic hydroxyl groups excluding tert-OH is 1. The van der Waals surface area contributed by atoms with Crippen LogP contribution in [-0.2, 0) is 0 Å². The number of carbonyl (C=O) groups excluding carboxylic acids is 1. The summed E-state index contributed by atoms with van der Waals surface area (Å²) in [7, 11) is 0. The number of Topliss-reactive ketones (excluding diaryl/α,β-unsaturated/α-hetero) is 1. The Morgan fingerprint density at radius 1 is 1.60 bits per heavy atom. The van der Waals surface area contributed by atoms with E-state index in [4.69, 9.17) is 5.11 Å². The molecule has 0 saturated heterocycles. The molecular formula is C11H15NO2S. The number of hydrogen-bond donors (Lipinski definition) is 1. The number of pyridine rings is 1. The lowest BCUT2D eigenvalue weighted by atomic mass is 10.2. The molecule has 1 atom stereocenters. The molecule has 0 aliphatic rings. The molecule has 0 saturated carbocycles. The van der Waals surface area contributed by atoms with Crippen molar-refractivity contribution in [3.05, 3.63) is 23.9 Å². The Morgan fingerprint density at radius 2 is 2.33 bits per heavy atom. The number of carbonyl (C=O) groups is 1. The topological polar surface area (TPSA) is 50.2 Å². The summed E-state index contributed by atoms with van der Waals surface area (Å²) in [5, 5.41) is 9.98. The first-order valence-corrected chi connectivity index (χ1v) is 5.76. The maximum Gasteiger partial charge on any atom is 0.161 e. The van der Waals surface area contributed by atoms with Crippen molar-refractivity contribution < 1.29 is 9.90 Å². The number of ketones is 1. The van der Waals surface area contributed by atoms with Crippen molar-refractivity contribution in [2.45, 2.75) is 30.5 Å². The van der Waals surface area contributed by atoms with Crippen LogP contribution in [0.15, 0.2) is 23.4 Å². The van der Waals surface area contributed by atoms with E-state index in [1.807, 2.05) is 13.0 Å². The highest BCUT2D eigenvalue weighted by atomic mass is 32.2. The summed E-state index contributed by atoms with van der Waals surface area (Å²) in [5.74, 6) is 0.0301. The lowest BCUT2D eigenvalue weighted by Crippen LogP contribution is -2.00. The lowest BCUT2D eigenvalue weighted by molar-refractivity contribution is 0.101. The van der Waals surface area contributed by atoms with Crippen molar-refractivity contribution >= 4 is 17.5 Å². The van der Waals surface area contributed by atoms with Gasteiger partial charge in [-0.15, -0.1) is 11.8 Å². The van der Waals surface area contributed by atoms with Crippen LogP contribution in [0.3, 0.4) is 0 Å². The Hall–Kier alpha value is -0.870. The van der Waals surface area contributed by atoms with Gasteiger partial charge in [0.15, 0.2) is 5.78 Å². The molecule has 1 N–H and O–H groups in total. The molecule has 1 heterocycles. The van der Waals surface area contributed by atoms with Gasteiger partial charge in [-0.2, -0.15) is 0 Å². The highest BCUT2D eigenvalue weighted by molar-refractivity contribution is 7.99. The molecule has 82 valence electrons. The molecule has 1 unspecified atom stereocenters. The predicted molar refractivity (Wildman–Crippen MR) is 61.3 cm³/mol. The maximum absolute atomic E-state index is 11.0. The van der Waals surface area contributed by atoms with Crippen LogP contribution >= 0.6 is 11.8 Å². The van der Waals surface area contributed by atoms with Crippen LogP contribution in [-0.4, -0.2) is 27.7 Å². The Labute approximate surface area is 93.9 Å². The van der Waals surface area contributed by atoms with E-state index >= 15 is 0 Å². The summed E-state index contributed by atoms with van der Waals surface area (Å²) in [6.07, 6.45) is 2.34. The van der Waals surface area contributed by atoms with Crippen molar-refractivity contribution in [1.82, 2.24) is 4.98 Å². The third-order valence-electron chi connectivity index (χ3n) is 2.00. The van der Waals surface area contributed by atoms with Crippen LogP contribution in [0.2, 0.25) is 0 Å². The molecule has 4 heteroatoms. The van der Waals surface area contributed by atoms with Crippen molar-refractivity contribution in [3.8, 4) is 0 Å². The van der Waals surface area contributed by atoms with E-state index in [0.29, 0.717) is 10.8 Å². The van der Waals surface area contributed by atoms with Gasteiger partial charge >= 0.3 is 0 Å². The predicted octanol–water partition coefficient (Wildman–Crippen LogP) is 2.15. The van der Waals surface area contributed by atoms with Gasteiger partial charge in [0.05, 0.1) is 5.03 Å². The fourth-order valence-corrected chi connectivity index (χ4v) is 2.00. The first-order chi connectivity index (χ1) is 7.13. The van der Waals surface area contributed by atoms with E-state index in [9.17, 15) is 4.79 Å². The Kier molecular flexibility index (Phi) is 4.78. The summed E-state index contributed by atoms with van der Waals surface area (Å²) in [6, 6.07) is 3.62. The standard InChI is InChI=1S/C11H15NO2S/c1-8(5-6-13)15-11-4-3-10(7-12-11)9(2)14/h3-4,7-8,13H,5-6H2,1-2H3. The Bertz CT molecular complexity index is 324. The van der Waals surface area contributed by atoms with Gasteiger partial charge in [0.2, 0.25) is 0 Å². The zero-order valence-electron chi connectivity index (χ0n) is 8.93. The molecule has 0 spiro atoms. The van der Waals surface area contributed by atoms with Gasteiger partial charge in [0, 0.05) is 23.6 Å². The molecule has 3 nitrogen and oxygen atoms in total. The van der Waals surface area contributed by atoms with Gasteiger partial charge in [0.1, 0.15) is 0 Å². The van der Waals surface area contributed by atoms with Crippen LogP contribution in [0, 0.1) is 0 Å². The highest BCUT2D eigenvalue weighted by Crippen LogP contribution is 2.22. The molecule has 15 heavy (non-hydrogen) atoms. The van der Waals surface area contributed by atoms with Crippen molar-refractivity contribution in [3.63, 3.8) is 0 Å². The van der Waals surface area contributed by atoms with Crippen molar-refractivity contribution in [2.24, 2.45) is 0 Å². The monoisotopic (exact) mass is 225 g/mol. The van der Waals surface area contributed by atoms with E-state index in [-0.39, 0.29) is 12.4 Å². The lowest BCUT2D eigenvalue weighted by Gasteiger charge is -2.08. The Morgan fingerprint density at radius 3 is 2.80 bits per heavy atom. The molecule has 0 aliphatic carbocycles. The van der Waals surface area contributed by atoms with E-state index in [1.54, 1.807) is 24.0 Å². The molecule has 0 bridgehead atoms. The van der Waals surface area contributed by atoms with Gasteiger partial charge in [-0.1, -0.05) is 6.92 Å². The zero-order chi connectivity index (χ0) is 11.3. The number of aliphatic hydroxyl groups is 1. The quantitative estimate of drug-likeness (QED) is 0.616. The third kappa shape index (κ3) is 4.01. The molecule has 0 amide bonds. The molecule has 1 aromatic heterocycles. The average molecular weight is 225 g/mol. The summed E-state index contributed by atoms with van der Waals surface area (Å²) in [4.78, 5) is 15.2. The van der Waals surface area contributed by atoms with Crippen LogP contribution in [0.1, 0.15) is 30.6 Å². The fourth-order valence-electron chi connectivity index (χ4n) is 1.11. The van der Waals surface area contributed by atoms with Crippen LogP contribution in [0.5, 0.6) is 0 Å². The number of rotatable bonds is 5. The SMILES string of the molecule is CC(=O)c1ccc(SC(C)CCO)nc1. The second-order valence-electron chi connectivity index (χ2n) is 3.38. The third-order valence-corrected chi connectivity index (χ3v) is 3.12. The molecular weight excluding hydrogens is 210 g/mol. The number of nitrogens with zero attached hydrogens (tertiary/aromatic N) is 1. The summed E-state index contributed by atoms with van der Waals surface area (Å²) in [6.45, 7) is 3.76. The second-order valence-corrected chi connectivity index (χ2v) is 4.84. The van der Waals surface area contributed by atoms with E-state index in [0.717, 1.165) is 11.4 Å². The summed E-state index contributed by atoms with van der Waals surface area (Å²) >= 11 is 1.61. The van der Waals surface area contributed by atoms with Gasteiger partial charge in [-0.3, -0.25) is 4.79 Å². The maximum atomic E-state index is 11.0. The number of aromatic nitrogens is 1. The van der Waals surface area contributed by atoms with Crippen LogP contribution < -0.4 is 0 Å². The number of hydrogen-bond acceptors (Lipinski definition) is 4. The van der Waals surface area contributed by atoms with E-state index in [1.165, 1.54) is 6.92 Å². The summed E-state index contributed by atoms with van der Waals surface area (Å²) < 4.78 is 0. The van der Waals surface area contributed by atoms with Gasteiger partial charge < -0.3 is 5.11 Å². The smallest absolute Gasteiger partial charge is 0.161 e. The van der Waals surface area contributed by atoms with Crippen LogP contribution in [0.25, 0.3) is 0 Å². The van der Waals surface area contributed by atoms with Gasteiger partial charge in [-0.05, 0) is 25.5 Å². The minimum absolute atomic E-state index is 0.0301. The molecule has 0 radical (unpaired) electrons. The van der Waals surface area contributed by atoms with E-state index < -0.39 is 0 Å². The average Bonchev–Trinajstić information content (AvgIpc) is 2.18. The Balaban J connectivity index is 2.60. The second kappa shape index (κ2) is 5.88. The minimum atomic E-state index is 0.0301. The summed E-state index contributed by atoms with van der Waals surface area (Å²) in [5.41, 5.74) is 0.633. The molecule has 0 aliphatic heterocycles.